The van der Waals surface area contributed by atoms with E-state index in [1.807, 2.05) is 0 Å². The fraction of sp³-hybridized carbons (Fsp3) is 0.350. The molecule has 1 saturated heterocycles. The van der Waals surface area contributed by atoms with E-state index in [2.05, 4.69) is 5.32 Å². The lowest BCUT2D eigenvalue weighted by molar-refractivity contribution is -0.138. The summed E-state index contributed by atoms with van der Waals surface area (Å²) in [6, 6.07) is 8.47. The summed E-state index contributed by atoms with van der Waals surface area (Å²) >= 11 is 5.90. The molecule has 1 aliphatic heterocycles. The van der Waals surface area contributed by atoms with Gasteiger partial charge in [0.1, 0.15) is 6.26 Å². The average molecular weight is 404 g/mol. The molecule has 0 saturated carbocycles. The second-order valence-electron chi connectivity index (χ2n) is 6.83. The Morgan fingerprint density at radius 2 is 2.00 bits per heavy atom. The van der Waals surface area contributed by atoms with Crippen LogP contribution in [0.4, 0.5) is 5.69 Å². The number of hydrogen-bond acceptors (Lipinski definition) is 4. The van der Waals surface area contributed by atoms with Gasteiger partial charge in [0.15, 0.2) is 0 Å². The highest BCUT2D eigenvalue weighted by atomic mass is 35.5. The first-order valence-electron chi connectivity index (χ1n) is 9.06. The summed E-state index contributed by atoms with van der Waals surface area (Å²) in [7, 11) is 1.61. The maximum atomic E-state index is 12.7. The topological polar surface area (TPSA) is 82.9 Å². The van der Waals surface area contributed by atoms with Gasteiger partial charge in [0.05, 0.1) is 18.4 Å². The molecule has 0 spiro atoms. The first kappa shape index (κ1) is 19.9. The standard InChI is InChI=1S/C20H22ClN3O4/c1-23(12-18(25)22-17-4-2-3-16(21)11-17)19(26)14-5-8-24(9-6-14)20(27)15-7-10-28-13-15/h2-4,7,10-11,13-14H,5-6,8-9,12H2,1H3,(H,22,25). The van der Waals surface area contributed by atoms with E-state index in [0.29, 0.717) is 42.2 Å². The third kappa shape index (κ3) is 4.92. The quantitative estimate of drug-likeness (QED) is 0.832. The molecule has 148 valence electrons. The summed E-state index contributed by atoms with van der Waals surface area (Å²) in [5, 5.41) is 3.26. The number of amides is 3. The van der Waals surface area contributed by atoms with Crippen LogP contribution in [-0.4, -0.2) is 54.2 Å². The van der Waals surface area contributed by atoms with E-state index >= 15 is 0 Å². The Bertz CT molecular complexity index is 845. The van der Waals surface area contributed by atoms with E-state index in [4.69, 9.17) is 16.0 Å². The Labute approximate surface area is 168 Å². The highest BCUT2D eigenvalue weighted by Crippen LogP contribution is 2.21. The number of anilines is 1. The van der Waals surface area contributed by atoms with Gasteiger partial charge in [0.25, 0.3) is 5.91 Å². The highest BCUT2D eigenvalue weighted by Gasteiger charge is 2.30. The number of rotatable bonds is 5. The van der Waals surface area contributed by atoms with E-state index in [9.17, 15) is 14.4 Å². The molecule has 3 amide bonds. The van der Waals surface area contributed by atoms with Gasteiger partial charge in [-0.05, 0) is 37.1 Å². The minimum atomic E-state index is -0.286. The van der Waals surface area contributed by atoms with Crippen molar-refractivity contribution in [2.24, 2.45) is 5.92 Å². The van der Waals surface area contributed by atoms with Crippen molar-refractivity contribution in [2.45, 2.75) is 12.8 Å². The van der Waals surface area contributed by atoms with Crippen LogP contribution in [0.3, 0.4) is 0 Å². The number of furan rings is 1. The van der Waals surface area contributed by atoms with Crippen molar-refractivity contribution in [1.29, 1.82) is 0 Å². The minimum absolute atomic E-state index is 0.0422. The van der Waals surface area contributed by atoms with Crippen LogP contribution in [0.15, 0.2) is 47.3 Å². The SMILES string of the molecule is CN(CC(=O)Nc1cccc(Cl)c1)C(=O)C1CCN(C(=O)c2ccoc2)CC1. The van der Waals surface area contributed by atoms with Gasteiger partial charge in [-0.25, -0.2) is 0 Å². The molecule has 1 aromatic heterocycles. The van der Waals surface area contributed by atoms with E-state index in [1.165, 1.54) is 17.4 Å². The number of benzene rings is 1. The molecular weight excluding hydrogens is 382 g/mol. The van der Waals surface area contributed by atoms with Crippen LogP contribution in [0.5, 0.6) is 0 Å². The summed E-state index contributed by atoms with van der Waals surface area (Å²) in [5.41, 5.74) is 1.10. The third-order valence-electron chi connectivity index (χ3n) is 4.76. The largest absolute Gasteiger partial charge is 0.472 e. The molecule has 28 heavy (non-hydrogen) atoms. The predicted octanol–water partition coefficient (Wildman–Crippen LogP) is 2.88. The smallest absolute Gasteiger partial charge is 0.257 e. The molecule has 2 aromatic rings. The molecule has 0 atom stereocenters. The molecular formula is C20H22ClN3O4. The molecule has 7 nitrogen and oxygen atoms in total. The van der Waals surface area contributed by atoms with E-state index in [-0.39, 0.29) is 30.2 Å². The Balaban J connectivity index is 1.47. The zero-order valence-corrected chi connectivity index (χ0v) is 16.3. The number of likely N-dealkylation sites (tertiary alicyclic amines) is 1. The van der Waals surface area contributed by atoms with Crippen LogP contribution in [0.1, 0.15) is 23.2 Å². The fourth-order valence-electron chi connectivity index (χ4n) is 3.27. The minimum Gasteiger partial charge on any atom is -0.472 e. The fourth-order valence-corrected chi connectivity index (χ4v) is 3.46. The van der Waals surface area contributed by atoms with Gasteiger partial charge >= 0.3 is 0 Å². The maximum Gasteiger partial charge on any atom is 0.257 e. The van der Waals surface area contributed by atoms with Crippen LogP contribution in [0.25, 0.3) is 0 Å². The Morgan fingerprint density at radius 1 is 1.25 bits per heavy atom. The summed E-state index contributed by atoms with van der Waals surface area (Å²) in [6.45, 7) is 0.964. The Morgan fingerprint density at radius 3 is 2.64 bits per heavy atom. The Hall–Kier alpha value is -2.80. The van der Waals surface area contributed by atoms with Crippen molar-refractivity contribution >= 4 is 35.0 Å². The average Bonchev–Trinajstić information content (AvgIpc) is 3.21. The highest BCUT2D eigenvalue weighted by molar-refractivity contribution is 6.30. The van der Waals surface area contributed by atoms with E-state index in [1.54, 1.807) is 42.3 Å². The predicted molar refractivity (Wildman–Crippen MR) is 105 cm³/mol. The molecule has 2 heterocycles. The molecule has 8 heteroatoms. The van der Waals surface area contributed by atoms with Crippen molar-refractivity contribution < 1.29 is 18.8 Å². The van der Waals surface area contributed by atoms with Crippen molar-refractivity contribution in [3.8, 4) is 0 Å². The van der Waals surface area contributed by atoms with Crippen LogP contribution in [0, 0.1) is 5.92 Å². The second-order valence-corrected chi connectivity index (χ2v) is 7.27. The van der Waals surface area contributed by atoms with Gasteiger partial charge in [-0.2, -0.15) is 0 Å². The van der Waals surface area contributed by atoms with Gasteiger partial charge in [-0.3, -0.25) is 14.4 Å². The number of likely N-dealkylation sites (N-methyl/N-ethyl adjacent to an activating group) is 1. The molecule has 1 fully saturated rings. The number of hydrogen-bond donors (Lipinski definition) is 1. The van der Waals surface area contributed by atoms with Crippen molar-refractivity contribution in [2.75, 3.05) is 32.0 Å². The molecule has 0 bridgehead atoms. The molecule has 0 aliphatic carbocycles. The summed E-state index contributed by atoms with van der Waals surface area (Å²) in [5.74, 6) is -0.659. The number of carbonyl (C=O) groups is 3. The molecule has 1 aliphatic rings. The number of nitrogens with one attached hydrogen (secondary N) is 1. The lowest BCUT2D eigenvalue weighted by Gasteiger charge is -2.32. The van der Waals surface area contributed by atoms with Gasteiger partial charge < -0.3 is 19.5 Å². The van der Waals surface area contributed by atoms with Gasteiger partial charge in [0.2, 0.25) is 11.8 Å². The lowest BCUT2D eigenvalue weighted by Crippen LogP contribution is -2.45. The van der Waals surface area contributed by atoms with Crippen LogP contribution in [0.2, 0.25) is 5.02 Å². The molecule has 0 unspecified atom stereocenters. The van der Waals surface area contributed by atoms with Crippen molar-refractivity contribution in [3.05, 3.63) is 53.4 Å². The number of halogens is 1. The summed E-state index contributed by atoms with van der Waals surface area (Å²) in [4.78, 5) is 40.3. The number of carbonyl (C=O) groups excluding carboxylic acids is 3. The van der Waals surface area contributed by atoms with Crippen molar-refractivity contribution in [1.82, 2.24) is 9.80 Å². The first-order chi connectivity index (χ1) is 13.4. The molecule has 1 aromatic carbocycles. The lowest BCUT2D eigenvalue weighted by atomic mass is 9.95. The van der Waals surface area contributed by atoms with Crippen LogP contribution in [-0.2, 0) is 9.59 Å². The Kier molecular flexibility index (Phi) is 6.36. The monoisotopic (exact) mass is 403 g/mol. The normalized spacial score (nSPS) is 14.6. The van der Waals surface area contributed by atoms with Gasteiger partial charge in [0, 0.05) is 36.8 Å². The molecule has 1 N–H and O–H groups in total. The van der Waals surface area contributed by atoms with Crippen molar-refractivity contribution in [3.63, 3.8) is 0 Å². The number of nitrogens with zero attached hydrogens (tertiary/aromatic N) is 2. The molecule has 3 rings (SSSR count). The number of piperidine rings is 1. The zero-order valence-electron chi connectivity index (χ0n) is 15.6. The van der Waals surface area contributed by atoms with E-state index in [0.717, 1.165) is 0 Å². The first-order valence-corrected chi connectivity index (χ1v) is 9.43. The third-order valence-corrected chi connectivity index (χ3v) is 5.00. The van der Waals surface area contributed by atoms with Crippen LogP contribution < -0.4 is 5.32 Å². The zero-order chi connectivity index (χ0) is 20.1. The van der Waals surface area contributed by atoms with Gasteiger partial charge in [-0.15, -0.1) is 0 Å². The second kappa shape index (κ2) is 8.93. The molecule has 0 radical (unpaired) electrons. The summed E-state index contributed by atoms with van der Waals surface area (Å²) in [6.07, 6.45) is 4.03. The van der Waals surface area contributed by atoms with E-state index < -0.39 is 0 Å². The summed E-state index contributed by atoms with van der Waals surface area (Å²) < 4.78 is 4.95. The van der Waals surface area contributed by atoms with Gasteiger partial charge in [-0.1, -0.05) is 17.7 Å². The maximum absolute atomic E-state index is 12.7. The van der Waals surface area contributed by atoms with Crippen LogP contribution >= 0.6 is 11.6 Å².